The molecule has 0 saturated carbocycles. The lowest BCUT2D eigenvalue weighted by Gasteiger charge is -2.13. The number of aromatic nitrogens is 2. The normalized spacial score (nSPS) is 16.7. The van der Waals surface area contributed by atoms with Crippen LogP contribution in [-0.4, -0.2) is 36.1 Å². The van der Waals surface area contributed by atoms with Crippen molar-refractivity contribution in [2.24, 2.45) is 0 Å². The molecule has 2 fully saturated rings. The van der Waals surface area contributed by atoms with E-state index in [1.54, 1.807) is 0 Å². The molecule has 19 heavy (non-hydrogen) atoms. The van der Waals surface area contributed by atoms with Crippen molar-refractivity contribution in [1.82, 2.24) is 9.97 Å². The number of rotatable bonds is 3. The highest BCUT2D eigenvalue weighted by Gasteiger charge is 2.29. The molecule has 0 N–H and O–H groups in total. The third-order valence-corrected chi connectivity index (χ3v) is 3.65. The molecule has 3 heterocycles. The van der Waals surface area contributed by atoms with E-state index >= 15 is 0 Å². The van der Waals surface area contributed by atoms with Gasteiger partial charge in [0, 0.05) is 26.2 Å². The highest BCUT2D eigenvalue weighted by atomic mass is 35.5. The first kappa shape index (κ1) is 11.1. The predicted octanol–water partition coefficient (Wildman–Crippen LogP) is 2.44. The average molecular weight is 273 g/mol. The zero-order valence-corrected chi connectivity index (χ0v) is 11.1. The molecule has 2 aliphatic rings. The second-order valence-electron chi connectivity index (χ2n) is 4.85. The first-order valence-electron chi connectivity index (χ1n) is 6.46. The summed E-state index contributed by atoms with van der Waals surface area (Å²) in [4.78, 5) is 13.5. The molecule has 1 aromatic heterocycles. The molecule has 96 valence electrons. The lowest BCUT2D eigenvalue weighted by atomic mass is 10.1. The van der Waals surface area contributed by atoms with Gasteiger partial charge in [0.1, 0.15) is 11.0 Å². The Kier molecular flexibility index (Phi) is 2.38. The van der Waals surface area contributed by atoms with E-state index in [2.05, 4.69) is 26.9 Å². The molecule has 1 aromatic carbocycles. The SMILES string of the molecule is Clc1nc(N2CC2)nc(N2CC2)c1-c1ccccc1. The van der Waals surface area contributed by atoms with Crippen molar-refractivity contribution in [2.45, 2.75) is 0 Å². The van der Waals surface area contributed by atoms with Crippen molar-refractivity contribution >= 4 is 23.4 Å². The van der Waals surface area contributed by atoms with Crippen molar-refractivity contribution in [3.8, 4) is 11.1 Å². The van der Waals surface area contributed by atoms with Crippen LogP contribution in [0.15, 0.2) is 30.3 Å². The molecule has 4 rings (SSSR count). The molecule has 0 unspecified atom stereocenters. The zero-order valence-electron chi connectivity index (χ0n) is 10.4. The summed E-state index contributed by atoms with van der Waals surface area (Å²) in [5.74, 6) is 1.72. The van der Waals surface area contributed by atoms with Gasteiger partial charge in [-0.3, -0.25) is 0 Å². The average Bonchev–Trinajstić information content (AvgIpc) is 3.31. The number of nitrogens with zero attached hydrogens (tertiary/aromatic N) is 4. The Morgan fingerprint density at radius 2 is 1.58 bits per heavy atom. The van der Waals surface area contributed by atoms with Gasteiger partial charge in [-0.25, -0.2) is 4.98 Å². The Hall–Kier alpha value is -1.81. The van der Waals surface area contributed by atoms with Crippen LogP contribution >= 0.6 is 11.6 Å². The number of hydrogen-bond acceptors (Lipinski definition) is 4. The van der Waals surface area contributed by atoms with E-state index in [0.29, 0.717) is 5.15 Å². The minimum absolute atomic E-state index is 0.546. The summed E-state index contributed by atoms with van der Waals surface area (Å²) in [7, 11) is 0. The van der Waals surface area contributed by atoms with Crippen molar-refractivity contribution in [3.63, 3.8) is 0 Å². The van der Waals surface area contributed by atoms with Crippen LogP contribution in [0.1, 0.15) is 0 Å². The molecule has 2 saturated heterocycles. The van der Waals surface area contributed by atoms with Gasteiger partial charge in [0.05, 0.1) is 5.56 Å². The Bertz CT molecular complexity index is 621. The van der Waals surface area contributed by atoms with Crippen LogP contribution in [0, 0.1) is 0 Å². The minimum atomic E-state index is 0.546. The third kappa shape index (κ3) is 2.02. The molecule has 0 amide bonds. The molecule has 2 aliphatic heterocycles. The Morgan fingerprint density at radius 1 is 0.895 bits per heavy atom. The molecule has 0 bridgehead atoms. The van der Waals surface area contributed by atoms with Gasteiger partial charge in [-0.05, 0) is 5.56 Å². The van der Waals surface area contributed by atoms with Crippen molar-refractivity contribution in [3.05, 3.63) is 35.5 Å². The summed E-state index contributed by atoms with van der Waals surface area (Å²) in [6.07, 6.45) is 0. The topological polar surface area (TPSA) is 31.8 Å². The lowest BCUT2D eigenvalue weighted by molar-refractivity contribution is 1.09. The fourth-order valence-corrected chi connectivity index (χ4v) is 2.42. The van der Waals surface area contributed by atoms with Gasteiger partial charge in [-0.15, -0.1) is 0 Å². The predicted molar refractivity (Wildman–Crippen MR) is 76.9 cm³/mol. The largest absolute Gasteiger partial charge is 0.352 e. The molecule has 4 nitrogen and oxygen atoms in total. The van der Waals surface area contributed by atoms with E-state index in [-0.39, 0.29) is 0 Å². The van der Waals surface area contributed by atoms with Gasteiger partial charge in [0.15, 0.2) is 0 Å². The fourth-order valence-electron chi connectivity index (χ4n) is 2.15. The summed E-state index contributed by atoms with van der Waals surface area (Å²) in [5.41, 5.74) is 2.03. The highest BCUT2D eigenvalue weighted by molar-refractivity contribution is 6.32. The van der Waals surface area contributed by atoms with Crippen LogP contribution in [-0.2, 0) is 0 Å². The Labute approximate surface area is 116 Å². The minimum Gasteiger partial charge on any atom is -0.352 e. The molecule has 0 atom stereocenters. The van der Waals surface area contributed by atoms with Crippen LogP contribution in [0.3, 0.4) is 0 Å². The number of halogens is 1. The second kappa shape index (κ2) is 4.10. The summed E-state index contributed by atoms with van der Waals surface area (Å²) in [6.45, 7) is 4.15. The molecule has 0 aliphatic carbocycles. The van der Waals surface area contributed by atoms with E-state index in [0.717, 1.165) is 49.1 Å². The van der Waals surface area contributed by atoms with Gasteiger partial charge < -0.3 is 9.80 Å². The Morgan fingerprint density at radius 3 is 2.21 bits per heavy atom. The van der Waals surface area contributed by atoms with E-state index in [1.165, 1.54) is 0 Å². The molecule has 0 spiro atoms. The quantitative estimate of drug-likeness (QED) is 0.634. The van der Waals surface area contributed by atoms with Gasteiger partial charge in [-0.2, -0.15) is 4.98 Å². The van der Waals surface area contributed by atoms with Crippen LogP contribution < -0.4 is 9.80 Å². The van der Waals surface area contributed by atoms with Crippen LogP contribution in [0.25, 0.3) is 11.1 Å². The highest BCUT2D eigenvalue weighted by Crippen LogP contribution is 2.38. The second-order valence-corrected chi connectivity index (χ2v) is 5.21. The van der Waals surface area contributed by atoms with Crippen LogP contribution in [0.4, 0.5) is 11.8 Å². The van der Waals surface area contributed by atoms with Gasteiger partial charge in [0.2, 0.25) is 5.95 Å². The third-order valence-electron chi connectivity index (χ3n) is 3.37. The van der Waals surface area contributed by atoms with Gasteiger partial charge in [-0.1, -0.05) is 41.9 Å². The van der Waals surface area contributed by atoms with Gasteiger partial charge in [0.25, 0.3) is 0 Å². The standard InChI is InChI=1S/C14H13ClN4/c15-12-11(10-4-2-1-3-5-10)13(18-6-7-18)17-14(16-12)19-8-9-19/h1-5H,6-9H2. The fraction of sp³-hybridized carbons (Fsp3) is 0.286. The van der Waals surface area contributed by atoms with Crippen molar-refractivity contribution in [2.75, 3.05) is 36.0 Å². The molecular formula is C14H13ClN4. The van der Waals surface area contributed by atoms with E-state index in [1.807, 2.05) is 18.2 Å². The van der Waals surface area contributed by atoms with Crippen molar-refractivity contribution in [1.29, 1.82) is 0 Å². The maximum Gasteiger partial charge on any atom is 0.228 e. The van der Waals surface area contributed by atoms with Crippen molar-refractivity contribution < 1.29 is 0 Å². The zero-order chi connectivity index (χ0) is 12.8. The van der Waals surface area contributed by atoms with Crippen LogP contribution in [0.2, 0.25) is 5.15 Å². The summed E-state index contributed by atoms with van der Waals surface area (Å²) >= 11 is 6.41. The summed E-state index contributed by atoms with van der Waals surface area (Å²) in [6, 6.07) is 10.1. The monoisotopic (exact) mass is 272 g/mol. The summed E-state index contributed by atoms with van der Waals surface area (Å²) < 4.78 is 0. The summed E-state index contributed by atoms with van der Waals surface area (Å²) in [5, 5.41) is 0.546. The number of benzene rings is 1. The molecule has 5 heteroatoms. The first-order valence-corrected chi connectivity index (χ1v) is 6.83. The lowest BCUT2D eigenvalue weighted by Crippen LogP contribution is -2.06. The smallest absolute Gasteiger partial charge is 0.228 e. The molecule has 2 aromatic rings. The Balaban J connectivity index is 1.88. The maximum atomic E-state index is 6.41. The molecular weight excluding hydrogens is 260 g/mol. The number of hydrogen-bond donors (Lipinski definition) is 0. The van der Waals surface area contributed by atoms with Gasteiger partial charge >= 0.3 is 0 Å². The van der Waals surface area contributed by atoms with E-state index < -0.39 is 0 Å². The number of anilines is 2. The van der Waals surface area contributed by atoms with E-state index in [9.17, 15) is 0 Å². The van der Waals surface area contributed by atoms with Crippen LogP contribution in [0.5, 0.6) is 0 Å². The maximum absolute atomic E-state index is 6.41. The van der Waals surface area contributed by atoms with E-state index in [4.69, 9.17) is 16.6 Å². The first-order chi connectivity index (χ1) is 9.33. The molecule has 0 radical (unpaired) electrons.